The number of hydrogen-bond acceptors (Lipinski definition) is 8. The number of nitrogens with one attached hydrogen (secondary N) is 2. The van der Waals surface area contributed by atoms with Crippen LogP contribution in [0.4, 0.5) is 11.4 Å². The summed E-state index contributed by atoms with van der Waals surface area (Å²) >= 11 is 0. The molecule has 0 bridgehead atoms. The predicted molar refractivity (Wildman–Crippen MR) is 132 cm³/mol. The normalized spacial score (nSPS) is 10.4. The van der Waals surface area contributed by atoms with Gasteiger partial charge in [-0.05, 0) is 41.6 Å². The maximum atomic E-state index is 12.9. The zero-order valence-electron chi connectivity index (χ0n) is 19.9. The topological polar surface area (TPSA) is 129 Å². The van der Waals surface area contributed by atoms with Crippen LogP contribution in [-0.2, 0) is 11.3 Å². The van der Waals surface area contributed by atoms with Gasteiger partial charge in [0.25, 0.3) is 5.91 Å². The fourth-order valence-electron chi connectivity index (χ4n) is 3.45. The van der Waals surface area contributed by atoms with E-state index >= 15 is 0 Å². The summed E-state index contributed by atoms with van der Waals surface area (Å²) in [4.78, 5) is 26.6. The number of aromatic nitrogens is 4. The first-order valence-electron chi connectivity index (χ1n) is 10.9. The van der Waals surface area contributed by atoms with Crippen molar-refractivity contribution in [3.8, 4) is 28.6 Å². The van der Waals surface area contributed by atoms with Gasteiger partial charge in [0.2, 0.25) is 11.7 Å². The molecular formula is C25H24N6O5. The van der Waals surface area contributed by atoms with Crippen molar-refractivity contribution in [3.63, 3.8) is 0 Å². The molecule has 2 N–H and O–H groups in total. The summed E-state index contributed by atoms with van der Waals surface area (Å²) < 4.78 is 15.8. The van der Waals surface area contributed by atoms with Crippen molar-refractivity contribution in [2.45, 2.75) is 6.54 Å². The van der Waals surface area contributed by atoms with E-state index in [9.17, 15) is 9.59 Å². The number of rotatable bonds is 9. The Morgan fingerprint density at radius 3 is 2.36 bits per heavy atom. The lowest BCUT2D eigenvalue weighted by atomic mass is 10.1. The average Bonchev–Trinajstić information content (AvgIpc) is 3.37. The third kappa shape index (κ3) is 5.41. The monoisotopic (exact) mass is 488 g/mol. The number of benzene rings is 3. The molecule has 1 aromatic heterocycles. The van der Waals surface area contributed by atoms with Crippen LogP contribution in [0.25, 0.3) is 11.4 Å². The number of anilines is 2. The smallest absolute Gasteiger partial charge is 0.259 e. The van der Waals surface area contributed by atoms with Crippen molar-refractivity contribution in [2.75, 3.05) is 32.0 Å². The predicted octanol–water partition coefficient (Wildman–Crippen LogP) is 3.26. The Morgan fingerprint density at radius 1 is 0.833 bits per heavy atom. The number of carbonyl (C=O) groups excluding carboxylic acids is 2. The third-order valence-electron chi connectivity index (χ3n) is 5.19. The van der Waals surface area contributed by atoms with E-state index in [0.717, 1.165) is 0 Å². The fraction of sp³-hybridized carbons (Fsp3) is 0.160. The summed E-state index contributed by atoms with van der Waals surface area (Å²) in [5.41, 5.74) is 1.90. The van der Waals surface area contributed by atoms with E-state index in [4.69, 9.17) is 14.2 Å². The minimum atomic E-state index is -0.375. The van der Waals surface area contributed by atoms with E-state index < -0.39 is 0 Å². The molecule has 1 heterocycles. The van der Waals surface area contributed by atoms with Gasteiger partial charge in [-0.1, -0.05) is 24.3 Å². The maximum Gasteiger partial charge on any atom is 0.259 e. The number of carbonyl (C=O) groups is 2. The second kappa shape index (κ2) is 11.0. The second-order valence-electron chi connectivity index (χ2n) is 7.46. The lowest BCUT2D eigenvalue weighted by Gasteiger charge is -2.11. The average molecular weight is 489 g/mol. The molecule has 0 fully saturated rings. The number of hydrogen-bond donors (Lipinski definition) is 2. The summed E-state index contributed by atoms with van der Waals surface area (Å²) in [5.74, 6) is 1.04. The molecule has 0 saturated heterocycles. The maximum absolute atomic E-state index is 12.9. The molecule has 0 aliphatic heterocycles. The van der Waals surface area contributed by atoms with Crippen LogP contribution in [0, 0.1) is 0 Å². The number of ether oxygens (including phenoxy) is 3. The molecule has 11 nitrogen and oxygen atoms in total. The second-order valence-corrected chi connectivity index (χ2v) is 7.46. The van der Waals surface area contributed by atoms with Crippen molar-refractivity contribution in [2.24, 2.45) is 0 Å². The van der Waals surface area contributed by atoms with Gasteiger partial charge in [-0.25, -0.2) is 0 Å². The van der Waals surface area contributed by atoms with Gasteiger partial charge in [0.05, 0.1) is 38.3 Å². The Hall–Kier alpha value is -4.93. The van der Waals surface area contributed by atoms with Crippen LogP contribution in [0.2, 0.25) is 0 Å². The van der Waals surface area contributed by atoms with Crippen LogP contribution in [0.3, 0.4) is 0 Å². The van der Waals surface area contributed by atoms with Crippen molar-refractivity contribution in [3.05, 3.63) is 72.3 Å². The SMILES string of the molecule is COc1ccc(NC(=O)Cn2nnc(-c3ccccc3NC(=O)c3ccccc3OC)n2)c(OC)c1. The van der Waals surface area contributed by atoms with Gasteiger partial charge in [-0.2, -0.15) is 4.80 Å². The van der Waals surface area contributed by atoms with E-state index in [-0.39, 0.29) is 24.2 Å². The lowest BCUT2D eigenvalue weighted by Crippen LogP contribution is -2.20. The van der Waals surface area contributed by atoms with E-state index in [1.54, 1.807) is 73.8 Å². The first kappa shape index (κ1) is 24.2. The summed E-state index contributed by atoms with van der Waals surface area (Å²) in [6.45, 7) is -0.183. The number of methoxy groups -OCH3 is 3. The molecule has 0 aliphatic carbocycles. The van der Waals surface area contributed by atoms with Crippen molar-refractivity contribution in [1.82, 2.24) is 20.2 Å². The van der Waals surface area contributed by atoms with Crippen molar-refractivity contribution in [1.29, 1.82) is 0 Å². The molecule has 184 valence electrons. The van der Waals surface area contributed by atoms with Gasteiger partial charge >= 0.3 is 0 Å². The van der Waals surface area contributed by atoms with E-state index in [1.165, 1.54) is 19.0 Å². The molecule has 3 aromatic carbocycles. The van der Waals surface area contributed by atoms with E-state index in [0.29, 0.717) is 39.8 Å². The van der Waals surface area contributed by atoms with Gasteiger partial charge < -0.3 is 24.8 Å². The molecule has 0 atom stereocenters. The number of nitrogens with zero attached hydrogens (tertiary/aromatic N) is 4. The van der Waals surface area contributed by atoms with Crippen LogP contribution in [0.15, 0.2) is 66.7 Å². The highest BCUT2D eigenvalue weighted by molar-refractivity contribution is 6.07. The molecule has 0 radical (unpaired) electrons. The standard InChI is InChI=1S/C25H24N6O5/c1-34-16-12-13-20(22(14-16)36-3)26-23(32)15-31-29-24(28-30-31)17-8-4-6-10-19(17)27-25(33)18-9-5-7-11-21(18)35-2/h4-14H,15H2,1-3H3,(H,26,32)(H,27,33). The van der Waals surface area contributed by atoms with Gasteiger partial charge in [0, 0.05) is 11.6 Å². The van der Waals surface area contributed by atoms with Crippen molar-refractivity contribution >= 4 is 23.2 Å². The summed E-state index contributed by atoms with van der Waals surface area (Å²) in [5, 5.41) is 18.0. The summed E-state index contributed by atoms with van der Waals surface area (Å²) in [6.07, 6.45) is 0. The highest BCUT2D eigenvalue weighted by atomic mass is 16.5. The number of para-hydroxylation sites is 2. The molecule has 4 rings (SSSR count). The Labute approximate surface area is 207 Å². The van der Waals surface area contributed by atoms with Gasteiger partial charge in [0.1, 0.15) is 23.8 Å². The number of amides is 2. The van der Waals surface area contributed by atoms with Crippen LogP contribution < -0.4 is 24.8 Å². The van der Waals surface area contributed by atoms with E-state index in [1.807, 2.05) is 0 Å². The fourth-order valence-corrected chi connectivity index (χ4v) is 3.45. The van der Waals surface area contributed by atoms with Crippen LogP contribution >= 0.6 is 0 Å². The molecule has 0 saturated carbocycles. The quantitative estimate of drug-likeness (QED) is 0.367. The van der Waals surface area contributed by atoms with E-state index in [2.05, 4.69) is 26.0 Å². The Kier molecular flexibility index (Phi) is 7.39. The molecule has 0 unspecified atom stereocenters. The minimum absolute atomic E-state index is 0.183. The van der Waals surface area contributed by atoms with Gasteiger partial charge in [-0.3, -0.25) is 9.59 Å². The Balaban J connectivity index is 1.48. The number of tetrazole rings is 1. The first-order valence-corrected chi connectivity index (χ1v) is 10.9. The third-order valence-corrected chi connectivity index (χ3v) is 5.19. The molecule has 11 heteroatoms. The first-order chi connectivity index (χ1) is 17.5. The van der Waals surface area contributed by atoms with Crippen LogP contribution in [0.5, 0.6) is 17.2 Å². The molecule has 36 heavy (non-hydrogen) atoms. The molecular weight excluding hydrogens is 464 g/mol. The zero-order chi connectivity index (χ0) is 25.5. The van der Waals surface area contributed by atoms with Crippen LogP contribution in [0.1, 0.15) is 10.4 Å². The largest absolute Gasteiger partial charge is 0.497 e. The van der Waals surface area contributed by atoms with Crippen molar-refractivity contribution < 1.29 is 23.8 Å². The summed E-state index contributed by atoms with van der Waals surface area (Å²) in [7, 11) is 4.55. The van der Waals surface area contributed by atoms with Gasteiger partial charge in [0.15, 0.2) is 0 Å². The molecule has 0 spiro atoms. The van der Waals surface area contributed by atoms with Gasteiger partial charge in [-0.15, -0.1) is 10.2 Å². The highest BCUT2D eigenvalue weighted by Crippen LogP contribution is 2.29. The Morgan fingerprint density at radius 2 is 1.58 bits per heavy atom. The highest BCUT2D eigenvalue weighted by Gasteiger charge is 2.17. The van der Waals surface area contributed by atoms with Crippen LogP contribution in [-0.4, -0.2) is 53.4 Å². The summed E-state index contributed by atoms with van der Waals surface area (Å²) in [6, 6.07) is 19.0. The zero-order valence-corrected chi connectivity index (χ0v) is 19.9. The lowest BCUT2D eigenvalue weighted by molar-refractivity contribution is -0.117. The molecule has 2 amide bonds. The minimum Gasteiger partial charge on any atom is -0.497 e. The molecule has 0 aliphatic rings. The molecule has 4 aromatic rings. The Bertz CT molecular complexity index is 1390.